The molecule has 0 amide bonds. The molecule has 0 radical (unpaired) electrons. The van der Waals surface area contributed by atoms with Crippen LogP contribution in [0, 0.1) is 5.41 Å². The summed E-state index contributed by atoms with van der Waals surface area (Å²) in [6.45, 7) is -0.606. The number of alkyl halides is 1. The molecule has 34 heavy (non-hydrogen) atoms. The Morgan fingerprint density at radius 3 is 2.68 bits per heavy atom. The number of aromatic nitrogens is 1. The zero-order chi connectivity index (χ0) is 24.9. The van der Waals surface area contributed by atoms with Crippen molar-refractivity contribution < 1.29 is 17.5 Å². The van der Waals surface area contributed by atoms with Crippen molar-refractivity contribution in [3.8, 4) is 0 Å². The van der Waals surface area contributed by atoms with E-state index in [4.69, 9.17) is 10.1 Å². The minimum Gasteiger partial charge on any atom is -0.393 e. The van der Waals surface area contributed by atoms with Gasteiger partial charge in [0.25, 0.3) is 0 Å². The van der Waals surface area contributed by atoms with Crippen molar-refractivity contribution in [3.63, 3.8) is 0 Å². The van der Waals surface area contributed by atoms with Gasteiger partial charge in [-0.15, -0.1) is 0 Å². The minimum atomic E-state index is -4.06. The van der Waals surface area contributed by atoms with E-state index in [1.54, 1.807) is 43.7 Å². The molecule has 1 atom stereocenters. The molecule has 0 saturated carbocycles. The van der Waals surface area contributed by atoms with Crippen LogP contribution >= 0.6 is 0 Å². The second-order valence-corrected chi connectivity index (χ2v) is 9.37. The van der Waals surface area contributed by atoms with E-state index in [1.165, 1.54) is 26.3 Å². The van der Waals surface area contributed by atoms with Gasteiger partial charge in [0, 0.05) is 68.3 Å². The molecule has 0 aliphatic heterocycles. The van der Waals surface area contributed by atoms with Gasteiger partial charge in [-0.05, 0) is 29.7 Å². The molecule has 0 bridgehead atoms. The number of rotatable bonds is 10. The lowest BCUT2D eigenvalue weighted by atomic mass is 10.1. The maximum absolute atomic E-state index is 13.8. The molecular weight excluding hydrogens is 461 g/mol. The SMILES string of the molecule is CN/C=C(\C=N)c1cnc2ccc3ccc(NS(=O)(=O)N(C)CC(F)COC)cc3c(=O)c2c1. The molecule has 2 aromatic carbocycles. The van der Waals surface area contributed by atoms with Crippen LogP contribution in [-0.4, -0.2) is 64.5 Å². The molecule has 0 fully saturated rings. The smallest absolute Gasteiger partial charge is 0.301 e. The monoisotopic (exact) mass is 487 g/mol. The normalized spacial score (nSPS) is 13.3. The van der Waals surface area contributed by atoms with Crippen LogP contribution in [0.5, 0.6) is 0 Å². The van der Waals surface area contributed by atoms with Crippen LogP contribution in [0.15, 0.2) is 53.6 Å². The van der Waals surface area contributed by atoms with Crippen LogP contribution in [-0.2, 0) is 14.9 Å². The molecule has 9 nitrogen and oxygen atoms in total. The summed E-state index contributed by atoms with van der Waals surface area (Å²) in [6, 6.07) is 9.69. The fourth-order valence-electron chi connectivity index (χ4n) is 3.42. The highest BCUT2D eigenvalue weighted by Crippen LogP contribution is 2.21. The number of nitrogens with one attached hydrogen (secondary N) is 3. The van der Waals surface area contributed by atoms with Gasteiger partial charge < -0.3 is 15.5 Å². The number of halogens is 1. The van der Waals surface area contributed by atoms with Crippen LogP contribution in [0.2, 0.25) is 0 Å². The van der Waals surface area contributed by atoms with Gasteiger partial charge in [-0.3, -0.25) is 14.5 Å². The number of methoxy groups -OCH3 is 1. The average molecular weight is 488 g/mol. The van der Waals surface area contributed by atoms with Crippen LogP contribution in [0.4, 0.5) is 10.1 Å². The number of nitrogens with zero attached hydrogens (tertiary/aromatic N) is 2. The van der Waals surface area contributed by atoms with Crippen LogP contribution < -0.4 is 15.5 Å². The summed E-state index contributed by atoms with van der Waals surface area (Å²) in [5, 5.41) is 11.7. The van der Waals surface area contributed by atoms with E-state index in [-0.39, 0.29) is 29.7 Å². The third-order valence-electron chi connectivity index (χ3n) is 5.13. The summed E-state index contributed by atoms with van der Waals surface area (Å²) in [4.78, 5) is 17.8. The van der Waals surface area contributed by atoms with Gasteiger partial charge >= 0.3 is 10.2 Å². The van der Waals surface area contributed by atoms with Crippen molar-refractivity contribution in [2.75, 3.05) is 39.1 Å². The van der Waals surface area contributed by atoms with E-state index < -0.39 is 16.4 Å². The fourth-order valence-corrected chi connectivity index (χ4v) is 4.36. The van der Waals surface area contributed by atoms with Crippen molar-refractivity contribution in [2.45, 2.75) is 6.17 Å². The molecule has 0 saturated heterocycles. The zero-order valence-electron chi connectivity index (χ0n) is 19.0. The molecule has 0 aliphatic carbocycles. The van der Waals surface area contributed by atoms with Gasteiger partial charge in [0.1, 0.15) is 6.17 Å². The van der Waals surface area contributed by atoms with Crippen molar-refractivity contribution in [1.82, 2.24) is 14.6 Å². The molecule has 1 aromatic heterocycles. The topological polar surface area (TPSA) is 124 Å². The van der Waals surface area contributed by atoms with Gasteiger partial charge in [0.2, 0.25) is 0 Å². The number of hydrogen-bond donors (Lipinski definition) is 3. The maximum atomic E-state index is 13.8. The molecule has 0 spiro atoms. The lowest BCUT2D eigenvalue weighted by Crippen LogP contribution is -2.38. The highest BCUT2D eigenvalue weighted by Gasteiger charge is 2.22. The first-order valence-corrected chi connectivity index (χ1v) is 11.8. The van der Waals surface area contributed by atoms with Crippen molar-refractivity contribution in [1.29, 1.82) is 5.41 Å². The van der Waals surface area contributed by atoms with Gasteiger partial charge in [-0.2, -0.15) is 12.7 Å². The first-order valence-electron chi connectivity index (χ1n) is 10.3. The van der Waals surface area contributed by atoms with Crippen molar-refractivity contribution in [3.05, 3.63) is 64.6 Å². The Bertz CT molecular complexity index is 1410. The third kappa shape index (κ3) is 5.56. The number of allylic oxidation sites excluding steroid dienone is 1. The Morgan fingerprint density at radius 2 is 2.00 bits per heavy atom. The standard InChI is InChI=1S/C23H26FN5O4S/c1-26-11-17(10-25)16-8-21-22(27-12-16)7-5-15-4-6-19(9-20(15)23(21)30)28-34(31,32)29(2)13-18(24)14-33-3/h4-12,18,25-26,28H,13-14H2,1-3H3/b17-11+,25-10?. The summed E-state index contributed by atoms with van der Waals surface area (Å²) < 4.78 is 47.0. The predicted octanol–water partition coefficient (Wildman–Crippen LogP) is 2.53. The largest absolute Gasteiger partial charge is 0.393 e. The maximum Gasteiger partial charge on any atom is 0.301 e. The second kappa shape index (κ2) is 10.7. The summed E-state index contributed by atoms with van der Waals surface area (Å²) >= 11 is 0. The van der Waals surface area contributed by atoms with Gasteiger partial charge in [0.05, 0.1) is 17.8 Å². The third-order valence-corrected chi connectivity index (χ3v) is 6.59. The molecule has 11 heteroatoms. The number of anilines is 1. The predicted molar refractivity (Wildman–Crippen MR) is 133 cm³/mol. The first kappa shape index (κ1) is 25.2. The highest BCUT2D eigenvalue weighted by molar-refractivity contribution is 7.90. The van der Waals surface area contributed by atoms with Crippen LogP contribution in [0.1, 0.15) is 5.56 Å². The number of fused-ring (bicyclic) bond motifs is 2. The lowest BCUT2D eigenvalue weighted by Gasteiger charge is -2.20. The number of ether oxygens (including phenoxy) is 1. The quantitative estimate of drug-likeness (QED) is 0.378. The zero-order valence-corrected chi connectivity index (χ0v) is 19.8. The Kier molecular flexibility index (Phi) is 7.92. The Labute approximate surface area is 197 Å². The van der Waals surface area contributed by atoms with Crippen LogP contribution in [0.3, 0.4) is 0 Å². The molecule has 3 aromatic rings. The Morgan fingerprint density at radius 1 is 1.26 bits per heavy atom. The minimum absolute atomic E-state index is 0.164. The summed E-state index contributed by atoms with van der Waals surface area (Å²) in [6.07, 6.45) is 2.88. The highest BCUT2D eigenvalue weighted by atomic mass is 32.2. The lowest BCUT2D eigenvalue weighted by molar-refractivity contribution is 0.114. The average Bonchev–Trinajstić information content (AvgIpc) is 2.93. The molecular formula is C23H26FN5O4S. The van der Waals surface area contributed by atoms with E-state index in [1.807, 2.05) is 0 Å². The molecule has 180 valence electrons. The number of hydrogen-bond acceptors (Lipinski definition) is 7. The van der Waals surface area contributed by atoms with E-state index in [9.17, 15) is 17.6 Å². The molecule has 0 aliphatic rings. The van der Waals surface area contributed by atoms with Crippen molar-refractivity contribution in [2.24, 2.45) is 0 Å². The van der Waals surface area contributed by atoms with Crippen LogP contribution in [0.25, 0.3) is 27.2 Å². The fraction of sp³-hybridized carbons (Fsp3) is 0.261. The number of pyridine rings is 1. The first-order chi connectivity index (χ1) is 16.2. The van der Waals surface area contributed by atoms with Gasteiger partial charge in [-0.1, -0.05) is 12.1 Å². The summed E-state index contributed by atoms with van der Waals surface area (Å²) in [7, 11) is 0.231. The Balaban J connectivity index is 2.06. The van der Waals surface area contributed by atoms with E-state index in [2.05, 4.69) is 15.0 Å². The van der Waals surface area contributed by atoms with Gasteiger partial charge in [-0.25, -0.2) is 4.39 Å². The second-order valence-electron chi connectivity index (χ2n) is 7.59. The van der Waals surface area contributed by atoms with E-state index in [0.717, 1.165) is 10.5 Å². The molecule has 1 unspecified atom stereocenters. The number of benzene rings is 1. The summed E-state index contributed by atoms with van der Waals surface area (Å²) in [5.41, 5.74) is 1.42. The molecule has 3 rings (SSSR count). The van der Waals surface area contributed by atoms with Crippen molar-refractivity contribution >= 4 is 49.4 Å². The van der Waals surface area contributed by atoms with E-state index in [0.29, 0.717) is 27.4 Å². The van der Waals surface area contributed by atoms with Gasteiger partial charge in [0.15, 0.2) is 5.43 Å². The molecule has 3 N–H and O–H groups in total. The molecule has 1 heterocycles. The Hall–Kier alpha value is -3.41. The van der Waals surface area contributed by atoms with E-state index >= 15 is 0 Å². The summed E-state index contributed by atoms with van der Waals surface area (Å²) in [5.74, 6) is 0.